The number of hydrogen-bond acceptors (Lipinski definition) is 4. The zero-order valence-electron chi connectivity index (χ0n) is 13.6. The third-order valence-electron chi connectivity index (χ3n) is 3.00. The first-order valence-electron chi connectivity index (χ1n) is 7.58. The molecule has 0 aliphatic carbocycles. The zero-order valence-corrected chi connectivity index (χ0v) is 13.6. The topological polar surface area (TPSA) is 98.7 Å². The highest BCUT2D eigenvalue weighted by atomic mass is 16.3. The summed E-state index contributed by atoms with van der Waals surface area (Å²) in [6.45, 7) is 7.72. The molecule has 2 unspecified atom stereocenters. The van der Waals surface area contributed by atoms with Crippen molar-refractivity contribution in [2.75, 3.05) is 13.2 Å². The van der Waals surface area contributed by atoms with Crippen LogP contribution in [0.4, 0.5) is 0 Å². The van der Waals surface area contributed by atoms with E-state index < -0.39 is 11.8 Å². The summed E-state index contributed by atoms with van der Waals surface area (Å²) < 4.78 is 0. The van der Waals surface area contributed by atoms with Crippen molar-refractivity contribution < 1.29 is 19.8 Å². The smallest absolute Gasteiger partial charge is 0.229 e. The van der Waals surface area contributed by atoms with Crippen LogP contribution in [0, 0.1) is 11.8 Å². The molecule has 124 valence electrons. The molecule has 6 heteroatoms. The van der Waals surface area contributed by atoms with Crippen LogP contribution >= 0.6 is 0 Å². The summed E-state index contributed by atoms with van der Waals surface area (Å²) in [6, 6.07) is -0.649. The third-order valence-corrected chi connectivity index (χ3v) is 3.00. The first-order chi connectivity index (χ1) is 9.78. The lowest BCUT2D eigenvalue weighted by Crippen LogP contribution is -2.43. The van der Waals surface area contributed by atoms with Crippen LogP contribution in [0.25, 0.3) is 0 Å². The van der Waals surface area contributed by atoms with Crippen LogP contribution < -0.4 is 10.6 Å². The van der Waals surface area contributed by atoms with Crippen LogP contribution in [0.2, 0.25) is 0 Å². The summed E-state index contributed by atoms with van der Waals surface area (Å²) in [5.41, 5.74) is 0. The van der Waals surface area contributed by atoms with Crippen molar-refractivity contribution in [3.8, 4) is 0 Å². The first-order valence-corrected chi connectivity index (χ1v) is 7.58. The van der Waals surface area contributed by atoms with Crippen LogP contribution in [0.1, 0.15) is 47.0 Å². The Hall–Kier alpha value is -1.14. The molecule has 2 amide bonds. The maximum Gasteiger partial charge on any atom is 0.229 e. The minimum atomic E-state index is -0.409. The van der Waals surface area contributed by atoms with E-state index in [0.29, 0.717) is 24.7 Å². The molecular weight excluding hydrogens is 272 g/mol. The average molecular weight is 302 g/mol. The van der Waals surface area contributed by atoms with Crippen molar-refractivity contribution in [3.05, 3.63) is 0 Å². The number of rotatable bonds is 10. The molecule has 0 fully saturated rings. The summed E-state index contributed by atoms with van der Waals surface area (Å²) in [4.78, 5) is 23.5. The van der Waals surface area contributed by atoms with Crippen LogP contribution in [-0.4, -0.2) is 47.3 Å². The molecule has 6 nitrogen and oxygen atoms in total. The van der Waals surface area contributed by atoms with Gasteiger partial charge in [-0.2, -0.15) is 0 Å². The summed E-state index contributed by atoms with van der Waals surface area (Å²) in [7, 11) is 0. The summed E-state index contributed by atoms with van der Waals surface area (Å²) >= 11 is 0. The summed E-state index contributed by atoms with van der Waals surface area (Å²) in [5, 5.41) is 23.7. The van der Waals surface area contributed by atoms with Gasteiger partial charge in [-0.25, -0.2) is 0 Å². The highest BCUT2D eigenvalue weighted by Gasteiger charge is 2.18. The molecule has 21 heavy (non-hydrogen) atoms. The van der Waals surface area contributed by atoms with E-state index in [1.165, 1.54) is 0 Å². The van der Waals surface area contributed by atoms with Crippen molar-refractivity contribution in [2.24, 2.45) is 11.8 Å². The molecule has 0 aromatic heterocycles. The number of carbonyl (C=O) groups excluding carboxylic acids is 2. The SMILES string of the molecule is CC(C)CC(CO)NC(=O)CC(=O)NC(CO)CC(C)C. The lowest BCUT2D eigenvalue weighted by atomic mass is 10.0. The molecule has 0 radical (unpaired) electrons. The van der Waals surface area contributed by atoms with Gasteiger partial charge in [0.2, 0.25) is 11.8 Å². The lowest BCUT2D eigenvalue weighted by molar-refractivity contribution is -0.130. The van der Waals surface area contributed by atoms with E-state index in [9.17, 15) is 19.8 Å². The Morgan fingerprint density at radius 2 is 1.14 bits per heavy atom. The van der Waals surface area contributed by atoms with Crippen LogP contribution in [-0.2, 0) is 9.59 Å². The van der Waals surface area contributed by atoms with Gasteiger partial charge in [0, 0.05) is 0 Å². The number of carbonyl (C=O) groups is 2. The van der Waals surface area contributed by atoms with E-state index in [1.807, 2.05) is 27.7 Å². The maximum atomic E-state index is 11.8. The van der Waals surface area contributed by atoms with Gasteiger partial charge in [0.05, 0.1) is 25.3 Å². The summed E-state index contributed by atoms with van der Waals surface area (Å²) in [6.07, 6.45) is 1.04. The monoisotopic (exact) mass is 302 g/mol. The van der Waals surface area contributed by atoms with Crippen molar-refractivity contribution in [1.29, 1.82) is 0 Å². The van der Waals surface area contributed by atoms with Crippen LogP contribution in [0.15, 0.2) is 0 Å². The summed E-state index contributed by atoms with van der Waals surface area (Å²) in [5.74, 6) is -0.121. The second kappa shape index (κ2) is 10.6. The number of hydrogen-bond donors (Lipinski definition) is 4. The molecule has 0 saturated heterocycles. The predicted molar refractivity (Wildman–Crippen MR) is 81.6 cm³/mol. The average Bonchev–Trinajstić information content (AvgIpc) is 2.35. The Balaban J connectivity index is 4.21. The molecule has 0 aliphatic rings. The predicted octanol–water partition coefficient (Wildman–Crippen LogP) is 0.423. The van der Waals surface area contributed by atoms with Crippen molar-refractivity contribution in [1.82, 2.24) is 10.6 Å². The minimum Gasteiger partial charge on any atom is -0.394 e. The fourth-order valence-electron chi connectivity index (χ4n) is 2.20. The van der Waals surface area contributed by atoms with Gasteiger partial charge >= 0.3 is 0 Å². The molecule has 0 rings (SSSR count). The molecule has 4 N–H and O–H groups in total. The van der Waals surface area contributed by atoms with E-state index >= 15 is 0 Å². The molecule has 0 aromatic carbocycles. The van der Waals surface area contributed by atoms with Gasteiger partial charge < -0.3 is 20.8 Å². The Kier molecular flexibility index (Phi) is 9.99. The molecule has 0 aromatic rings. The highest BCUT2D eigenvalue weighted by molar-refractivity contribution is 5.97. The molecule has 0 aliphatic heterocycles. The van der Waals surface area contributed by atoms with Crippen LogP contribution in [0.5, 0.6) is 0 Å². The minimum absolute atomic E-state index is 0.141. The fourth-order valence-corrected chi connectivity index (χ4v) is 2.20. The largest absolute Gasteiger partial charge is 0.394 e. The molecule has 0 heterocycles. The van der Waals surface area contributed by atoms with Crippen molar-refractivity contribution in [2.45, 2.75) is 59.0 Å². The first kappa shape index (κ1) is 19.9. The quantitative estimate of drug-likeness (QED) is 0.440. The molecule has 0 spiro atoms. The zero-order chi connectivity index (χ0) is 16.4. The maximum absolute atomic E-state index is 11.8. The number of aliphatic hydroxyl groups excluding tert-OH is 2. The van der Waals surface area contributed by atoms with Crippen LogP contribution in [0.3, 0.4) is 0 Å². The normalized spacial score (nSPS) is 14.1. The number of aliphatic hydroxyl groups is 2. The van der Waals surface area contributed by atoms with Crippen molar-refractivity contribution in [3.63, 3.8) is 0 Å². The van der Waals surface area contributed by atoms with E-state index in [2.05, 4.69) is 10.6 Å². The van der Waals surface area contributed by atoms with Gasteiger partial charge in [-0.15, -0.1) is 0 Å². The van der Waals surface area contributed by atoms with E-state index in [-0.39, 0.29) is 31.7 Å². The Morgan fingerprint density at radius 1 is 0.810 bits per heavy atom. The Labute approximate surface area is 127 Å². The number of nitrogens with one attached hydrogen (secondary N) is 2. The Bertz CT molecular complexity index is 289. The van der Waals surface area contributed by atoms with E-state index in [1.54, 1.807) is 0 Å². The highest BCUT2D eigenvalue weighted by Crippen LogP contribution is 2.05. The fraction of sp³-hybridized carbons (Fsp3) is 0.867. The number of amides is 2. The van der Waals surface area contributed by atoms with Gasteiger partial charge in [-0.1, -0.05) is 27.7 Å². The molecule has 2 atom stereocenters. The molecule has 0 saturated carbocycles. The van der Waals surface area contributed by atoms with E-state index in [0.717, 1.165) is 0 Å². The molecular formula is C15H30N2O4. The third kappa shape index (κ3) is 10.3. The van der Waals surface area contributed by atoms with Gasteiger partial charge in [0.1, 0.15) is 6.42 Å². The second-order valence-electron chi connectivity index (χ2n) is 6.33. The van der Waals surface area contributed by atoms with E-state index in [4.69, 9.17) is 0 Å². The van der Waals surface area contributed by atoms with Crippen molar-refractivity contribution >= 4 is 11.8 Å². The van der Waals surface area contributed by atoms with Gasteiger partial charge in [-0.05, 0) is 24.7 Å². The second-order valence-corrected chi connectivity index (χ2v) is 6.33. The van der Waals surface area contributed by atoms with Gasteiger partial charge in [0.15, 0.2) is 0 Å². The Morgan fingerprint density at radius 3 is 1.38 bits per heavy atom. The molecule has 0 bridgehead atoms. The lowest BCUT2D eigenvalue weighted by Gasteiger charge is -2.20. The van der Waals surface area contributed by atoms with Gasteiger partial charge in [0.25, 0.3) is 0 Å². The standard InChI is InChI=1S/C15H30N2O4/c1-10(2)5-12(8-18)16-14(20)7-15(21)17-13(9-19)6-11(3)4/h10-13,18-19H,5-9H2,1-4H3,(H,16,20)(H,17,21). The van der Waals surface area contributed by atoms with Gasteiger partial charge in [-0.3, -0.25) is 9.59 Å².